The minimum atomic E-state index is -0.440. The molecular formula is C18H16ClN3O3. The molecule has 0 saturated heterocycles. The maximum atomic E-state index is 12.6. The normalized spacial score (nSPS) is 10.7. The Balaban J connectivity index is 1.78. The Bertz CT molecular complexity index is 997. The van der Waals surface area contributed by atoms with Crippen LogP contribution in [0, 0.1) is 13.8 Å². The average Bonchev–Trinajstić information content (AvgIpc) is 2.59. The molecule has 0 atom stereocenters. The largest absolute Gasteiger partial charge is 0.484 e. The molecule has 0 bridgehead atoms. The smallest absolute Gasteiger partial charge is 0.281 e. The summed E-state index contributed by atoms with van der Waals surface area (Å²) in [5.41, 5.74) is 1.72. The van der Waals surface area contributed by atoms with Gasteiger partial charge < -0.3 is 10.1 Å². The first-order valence-corrected chi connectivity index (χ1v) is 7.99. The van der Waals surface area contributed by atoms with Gasteiger partial charge >= 0.3 is 0 Å². The van der Waals surface area contributed by atoms with Gasteiger partial charge in [0.25, 0.3) is 11.5 Å². The molecule has 0 aliphatic heterocycles. The number of amides is 1. The average molecular weight is 358 g/mol. The Hall–Kier alpha value is -2.86. The molecule has 2 aromatic heterocycles. The first kappa shape index (κ1) is 17.0. The molecule has 0 radical (unpaired) electrons. The van der Waals surface area contributed by atoms with Crippen LogP contribution in [0.2, 0.25) is 5.02 Å². The molecule has 0 spiro atoms. The van der Waals surface area contributed by atoms with Gasteiger partial charge in [-0.15, -0.1) is 0 Å². The van der Waals surface area contributed by atoms with Gasteiger partial charge in [0.1, 0.15) is 17.1 Å². The summed E-state index contributed by atoms with van der Waals surface area (Å²) in [6.07, 6.45) is 1.68. The highest BCUT2D eigenvalue weighted by Crippen LogP contribution is 2.15. The maximum absolute atomic E-state index is 12.6. The third-order valence-electron chi connectivity index (χ3n) is 3.60. The molecule has 3 aromatic rings. The number of anilines is 1. The quantitative estimate of drug-likeness (QED) is 0.779. The topological polar surface area (TPSA) is 72.7 Å². The molecule has 1 aromatic carbocycles. The lowest BCUT2D eigenvalue weighted by Gasteiger charge is -2.11. The Morgan fingerprint density at radius 2 is 1.92 bits per heavy atom. The molecule has 1 amide bonds. The summed E-state index contributed by atoms with van der Waals surface area (Å²) < 4.78 is 6.80. The summed E-state index contributed by atoms with van der Waals surface area (Å²) >= 11 is 5.80. The Kier molecular flexibility index (Phi) is 4.72. The first-order chi connectivity index (χ1) is 11.9. The van der Waals surface area contributed by atoms with Crippen molar-refractivity contribution >= 4 is 28.8 Å². The van der Waals surface area contributed by atoms with Gasteiger partial charge in [-0.3, -0.25) is 14.0 Å². The Labute approximate surface area is 149 Å². The van der Waals surface area contributed by atoms with Crippen LogP contribution in [-0.4, -0.2) is 21.9 Å². The van der Waals surface area contributed by atoms with Crippen molar-refractivity contribution in [3.05, 3.63) is 69.2 Å². The van der Waals surface area contributed by atoms with E-state index in [0.29, 0.717) is 22.1 Å². The van der Waals surface area contributed by atoms with Crippen LogP contribution in [0.15, 0.2) is 47.4 Å². The molecular weight excluding hydrogens is 342 g/mol. The lowest BCUT2D eigenvalue weighted by molar-refractivity contribution is -0.118. The van der Waals surface area contributed by atoms with E-state index < -0.39 is 5.91 Å². The summed E-state index contributed by atoms with van der Waals surface area (Å²) in [6, 6.07) is 10.3. The molecule has 0 saturated carbocycles. The van der Waals surface area contributed by atoms with Crippen molar-refractivity contribution in [1.29, 1.82) is 0 Å². The van der Waals surface area contributed by atoms with E-state index in [0.717, 1.165) is 5.56 Å². The van der Waals surface area contributed by atoms with Crippen LogP contribution in [0.1, 0.15) is 11.3 Å². The number of carbonyl (C=O) groups excluding carboxylic acids is 1. The molecule has 3 rings (SSSR count). The summed E-state index contributed by atoms with van der Waals surface area (Å²) in [5, 5.41) is 3.17. The number of hydrogen-bond acceptors (Lipinski definition) is 4. The molecule has 6 nitrogen and oxygen atoms in total. The monoisotopic (exact) mass is 357 g/mol. The second-order valence-corrected chi connectivity index (χ2v) is 6.04. The third-order valence-corrected chi connectivity index (χ3v) is 3.85. The molecule has 128 valence electrons. The van der Waals surface area contributed by atoms with Crippen LogP contribution in [0.25, 0.3) is 5.65 Å². The minimum Gasteiger partial charge on any atom is -0.484 e. The van der Waals surface area contributed by atoms with Gasteiger partial charge in [0, 0.05) is 11.2 Å². The van der Waals surface area contributed by atoms with E-state index in [2.05, 4.69) is 10.3 Å². The predicted octanol–water partition coefficient (Wildman–Crippen LogP) is 2.98. The van der Waals surface area contributed by atoms with Gasteiger partial charge in [0.15, 0.2) is 6.61 Å². The summed E-state index contributed by atoms with van der Waals surface area (Å²) in [4.78, 5) is 29.1. The van der Waals surface area contributed by atoms with E-state index in [1.54, 1.807) is 43.5 Å². The van der Waals surface area contributed by atoms with E-state index in [4.69, 9.17) is 16.3 Å². The highest BCUT2D eigenvalue weighted by molar-refractivity contribution is 6.30. The fourth-order valence-electron chi connectivity index (χ4n) is 2.35. The van der Waals surface area contributed by atoms with Crippen molar-refractivity contribution in [2.24, 2.45) is 0 Å². The van der Waals surface area contributed by atoms with Crippen molar-refractivity contribution in [3.63, 3.8) is 0 Å². The van der Waals surface area contributed by atoms with Gasteiger partial charge in [-0.1, -0.05) is 17.7 Å². The van der Waals surface area contributed by atoms with E-state index >= 15 is 0 Å². The van der Waals surface area contributed by atoms with Gasteiger partial charge in [-0.05, 0) is 49.7 Å². The summed E-state index contributed by atoms with van der Waals surface area (Å²) in [5.74, 6) is 0.0739. The number of rotatable bonds is 4. The van der Waals surface area contributed by atoms with Crippen LogP contribution in [-0.2, 0) is 4.79 Å². The molecule has 2 heterocycles. The number of ether oxygens (including phenoxy) is 1. The molecule has 0 aliphatic rings. The van der Waals surface area contributed by atoms with Crippen LogP contribution >= 0.6 is 11.6 Å². The van der Waals surface area contributed by atoms with Crippen LogP contribution in [0.5, 0.6) is 5.75 Å². The van der Waals surface area contributed by atoms with Crippen LogP contribution < -0.4 is 15.6 Å². The van der Waals surface area contributed by atoms with E-state index in [1.807, 2.05) is 13.0 Å². The third kappa shape index (κ3) is 3.80. The molecule has 0 fully saturated rings. The van der Waals surface area contributed by atoms with E-state index in [-0.39, 0.29) is 17.9 Å². The molecule has 0 unspecified atom stereocenters. The van der Waals surface area contributed by atoms with Gasteiger partial charge in [0.05, 0.1) is 5.69 Å². The first-order valence-electron chi connectivity index (χ1n) is 7.62. The highest BCUT2D eigenvalue weighted by atomic mass is 35.5. The number of halogens is 1. The standard InChI is InChI=1S/C18H16ClN3O3/c1-11-3-8-15-20-12(2)17(18(24)22(15)9-11)21-16(23)10-25-14-6-4-13(19)5-7-14/h3-9H,10H2,1-2H3,(H,21,23). The lowest BCUT2D eigenvalue weighted by atomic mass is 10.3. The van der Waals surface area contributed by atoms with Crippen molar-refractivity contribution < 1.29 is 9.53 Å². The van der Waals surface area contributed by atoms with Crippen molar-refractivity contribution in [2.45, 2.75) is 13.8 Å². The second-order valence-electron chi connectivity index (χ2n) is 5.60. The molecule has 0 aliphatic carbocycles. The number of pyridine rings is 1. The number of hydrogen-bond donors (Lipinski definition) is 1. The highest BCUT2D eigenvalue weighted by Gasteiger charge is 2.13. The van der Waals surface area contributed by atoms with Crippen LogP contribution in [0.4, 0.5) is 5.69 Å². The lowest BCUT2D eigenvalue weighted by Crippen LogP contribution is -2.28. The Morgan fingerprint density at radius 1 is 1.20 bits per heavy atom. The van der Waals surface area contributed by atoms with Gasteiger partial charge in [0.2, 0.25) is 0 Å². The number of aromatic nitrogens is 2. The molecule has 25 heavy (non-hydrogen) atoms. The number of fused-ring (bicyclic) bond motifs is 1. The fraction of sp³-hybridized carbons (Fsp3) is 0.167. The van der Waals surface area contributed by atoms with E-state index in [9.17, 15) is 9.59 Å². The van der Waals surface area contributed by atoms with Crippen molar-refractivity contribution in [1.82, 2.24) is 9.38 Å². The SMILES string of the molecule is Cc1ccc2nc(C)c(NC(=O)COc3ccc(Cl)cc3)c(=O)n2c1. The zero-order valence-corrected chi connectivity index (χ0v) is 14.5. The predicted molar refractivity (Wildman–Crippen MR) is 96.5 cm³/mol. The molecule has 7 heteroatoms. The summed E-state index contributed by atoms with van der Waals surface area (Å²) in [7, 11) is 0. The zero-order chi connectivity index (χ0) is 18.0. The zero-order valence-electron chi connectivity index (χ0n) is 13.7. The number of aryl methyl sites for hydroxylation is 2. The van der Waals surface area contributed by atoms with Crippen molar-refractivity contribution in [2.75, 3.05) is 11.9 Å². The van der Waals surface area contributed by atoms with E-state index in [1.165, 1.54) is 4.40 Å². The summed E-state index contributed by atoms with van der Waals surface area (Å²) in [6.45, 7) is 3.33. The second kappa shape index (κ2) is 6.94. The molecule has 1 N–H and O–H groups in total. The number of nitrogens with one attached hydrogen (secondary N) is 1. The van der Waals surface area contributed by atoms with Crippen LogP contribution in [0.3, 0.4) is 0 Å². The fourth-order valence-corrected chi connectivity index (χ4v) is 2.48. The number of benzene rings is 1. The van der Waals surface area contributed by atoms with Crippen molar-refractivity contribution in [3.8, 4) is 5.75 Å². The van der Waals surface area contributed by atoms with Gasteiger partial charge in [-0.2, -0.15) is 0 Å². The number of carbonyl (C=O) groups is 1. The number of nitrogens with zero attached hydrogens (tertiary/aromatic N) is 2. The Morgan fingerprint density at radius 3 is 2.64 bits per heavy atom. The minimum absolute atomic E-state index is 0.146. The maximum Gasteiger partial charge on any atom is 0.281 e. The van der Waals surface area contributed by atoms with Gasteiger partial charge in [-0.25, -0.2) is 4.98 Å².